The first-order chi connectivity index (χ1) is 18.3. The number of rotatable bonds is 26. The van der Waals surface area contributed by atoms with E-state index in [-0.39, 0.29) is 11.9 Å². The van der Waals surface area contributed by atoms with Crippen molar-refractivity contribution < 1.29 is 14.4 Å². The van der Waals surface area contributed by atoms with E-state index < -0.39 is 23.9 Å². The number of nitrogens with zero attached hydrogens (tertiary/aromatic N) is 1. The number of aliphatic imine (C=N–C) groups is 1. The smallest absolute Gasteiger partial charge is 0.243 e. The number of carbonyl (C=O) groups excluding carboxylic acids is 3. The van der Waals surface area contributed by atoms with Crippen LogP contribution in [0.1, 0.15) is 129 Å². The van der Waals surface area contributed by atoms with Crippen molar-refractivity contribution in [3.63, 3.8) is 0 Å². The molecule has 0 radical (unpaired) electrons. The first-order valence-corrected chi connectivity index (χ1v) is 15.0. The maximum Gasteiger partial charge on any atom is 0.243 e. The lowest BCUT2D eigenvalue weighted by Gasteiger charge is -2.22. The van der Waals surface area contributed by atoms with E-state index in [2.05, 4.69) is 22.5 Å². The predicted octanol–water partition coefficient (Wildman–Crippen LogP) is 3.11. The summed E-state index contributed by atoms with van der Waals surface area (Å²) in [4.78, 5) is 41.1. The van der Waals surface area contributed by atoms with Gasteiger partial charge in [-0.1, -0.05) is 84.0 Å². The molecule has 0 saturated heterocycles. The molecule has 38 heavy (non-hydrogen) atoms. The Hall–Kier alpha value is -2.36. The molecule has 10 nitrogen and oxygen atoms in total. The molecule has 0 aromatic heterocycles. The molecule has 0 rings (SSSR count). The summed E-state index contributed by atoms with van der Waals surface area (Å²) in [6.45, 7) is 3.09. The first-order valence-electron chi connectivity index (χ1n) is 15.0. The number of amides is 3. The maximum atomic E-state index is 12.9. The van der Waals surface area contributed by atoms with Crippen LogP contribution in [0.5, 0.6) is 0 Å². The molecule has 10 heteroatoms. The van der Waals surface area contributed by atoms with E-state index in [9.17, 15) is 14.4 Å². The highest BCUT2D eigenvalue weighted by Gasteiger charge is 2.25. The lowest BCUT2D eigenvalue weighted by molar-refractivity contribution is -0.131. The Morgan fingerprint density at radius 3 is 1.68 bits per heavy atom. The molecule has 3 amide bonds. The van der Waals surface area contributed by atoms with E-state index in [1.54, 1.807) is 0 Å². The highest BCUT2D eigenvalue weighted by Crippen LogP contribution is 2.13. The number of hydrogen-bond donors (Lipinski definition) is 6. The Labute approximate surface area is 230 Å². The lowest BCUT2D eigenvalue weighted by Crippen LogP contribution is -2.53. The zero-order chi connectivity index (χ0) is 28.4. The van der Waals surface area contributed by atoms with Crippen molar-refractivity contribution in [1.82, 2.24) is 10.6 Å². The third-order valence-electron chi connectivity index (χ3n) is 6.71. The van der Waals surface area contributed by atoms with Gasteiger partial charge in [0.15, 0.2) is 5.96 Å². The summed E-state index contributed by atoms with van der Waals surface area (Å²) < 4.78 is 0. The van der Waals surface area contributed by atoms with Gasteiger partial charge in [-0.3, -0.25) is 19.4 Å². The van der Waals surface area contributed by atoms with E-state index in [0.29, 0.717) is 45.2 Å². The molecule has 0 aliphatic carbocycles. The van der Waals surface area contributed by atoms with E-state index in [1.165, 1.54) is 64.2 Å². The normalized spacial score (nSPS) is 12.5. The maximum absolute atomic E-state index is 12.9. The second-order valence-electron chi connectivity index (χ2n) is 10.3. The van der Waals surface area contributed by atoms with Crippen LogP contribution < -0.4 is 33.6 Å². The minimum atomic E-state index is -0.855. The van der Waals surface area contributed by atoms with Gasteiger partial charge in [0.2, 0.25) is 17.7 Å². The number of nitrogens with one attached hydrogen (secondary N) is 2. The number of hydrogen-bond acceptors (Lipinski definition) is 5. The molecular formula is C28H57N7O3. The van der Waals surface area contributed by atoms with Crippen LogP contribution in [0, 0.1) is 0 Å². The summed E-state index contributed by atoms with van der Waals surface area (Å²) in [5.74, 6) is -1.23. The van der Waals surface area contributed by atoms with Crippen molar-refractivity contribution in [2.24, 2.45) is 27.9 Å². The molecule has 0 aromatic rings. The van der Waals surface area contributed by atoms with Crippen molar-refractivity contribution in [2.45, 2.75) is 141 Å². The van der Waals surface area contributed by atoms with Crippen LogP contribution in [-0.2, 0) is 14.4 Å². The average Bonchev–Trinajstić information content (AvgIpc) is 2.87. The van der Waals surface area contributed by atoms with Gasteiger partial charge >= 0.3 is 0 Å². The molecule has 0 heterocycles. The fourth-order valence-corrected chi connectivity index (χ4v) is 4.39. The summed E-state index contributed by atoms with van der Waals surface area (Å²) in [5.41, 5.74) is 21.7. The minimum absolute atomic E-state index is 0.0316. The third kappa shape index (κ3) is 21.7. The van der Waals surface area contributed by atoms with Crippen LogP contribution in [0.3, 0.4) is 0 Å². The van der Waals surface area contributed by atoms with Gasteiger partial charge < -0.3 is 33.6 Å². The number of primary amides is 1. The molecular weight excluding hydrogens is 482 g/mol. The molecule has 222 valence electrons. The predicted molar refractivity (Wildman–Crippen MR) is 156 cm³/mol. The zero-order valence-electron chi connectivity index (χ0n) is 24.0. The minimum Gasteiger partial charge on any atom is -0.370 e. The Bertz CT molecular complexity index is 654. The second-order valence-corrected chi connectivity index (χ2v) is 10.3. The fraction of sp³-hybridized carbons (Fsp3) is 0.857. The summed E-state index contributed by atoms with van der Waals surface area (Å²) in [6, 6.07) is -1.58. The topological polar surface area (TPSA) is 192 Å². The first kappa shape index (κ1) is 35.6. The van der Waals surface area contributed by atoms with Gasteiger partial charge in [0.25, 0.3) is 0 Å². The second kappa shape index (κ2) is 24.9. The number of nitrogens with two attached hydrogens (primary N) is 4. The van der Waals surface area contributed by atoms with Crippen molar-refractivity contribution in [1.29, 1.82) is 0 Å². The number of guanidine groups is 1. The average molecular weight is 540 g/mol. The molecule has 0 aliphatic heterocycles. The Balaban J connectivity index is 4.31. The quantitative estimate of drug-likeness (QED) is 0.0555. The van der Waals surface area contributed by atoms with E-state index in [4.69, 9.17) is 22.9 Å². The third-order valence-corrected chi connectivity index (χ3v) is 6.71. The van der Waals surface area contributed by atoms with E-state index in [0.717, 1.165) is 25.7 Å². The van der Waals surface area contributed by atoms with Crippen molar-refractivity contribution in [2.75, 3.05) is 13.1 Å². The molecule has 0 aromatic carbocycles. The molecule has 10 N–H and O–H groups in total. The SMILES string of the molecule is CCCCCCCCCCCCCCCC(=O)N[C@@H](CCCCN)C(=O)N[C@@H](CCCN=C(N)N)C(N)=O. The summed E-state index contributed by atoms with van der Waals surface area (Å²) >= 11 is 0. The van der Waals surface area contributed by atoms with E-state index in [1.807, 2.05) is 0 Å². The van der Waals surface area contributed by atoms with Crippen LogP contribution in [-0.4, -0.2) is 48.9 Å². The van der Waals surface area contributed by atoms with Gasteiger partial charge in [-0.2, -0.15) is 0 Å². The molecule has 0 aliphatic rings. The summed E-state index contributed by atoms with van der Waals surface area (Å²) in [5, 5.41) is 5.53. The standard InChI is InChI=1S/C28H57N7O3/c1-2-3-4-5-6-7-8-9-10-11-12-13-14-20-25(36)34-24(18-15-16-21-29)27(38)35-23(26(30)37)19-17-22-33-28(31)32/h23-24H,2-22,29H2,1H3,(H2,30,37)(H,34,36)(H,35,38)(H4,31,32,33)/t23-,24-/m0/s1. The monoisotopic (exact) mass is 539 g/mol. The van der Waals surface area contributed by atoms with Crippen molar-refractivity contribution >= 4 is 23.7 Å². The van der Waals surface area contributed by atoms with Gasteiger partial charge in [0, 0.05) is 13.0 Å². The van der Waals surface area contributed by atoms with Crippen LogP contribution in [0.25, 0.3) is 0 Å². The molecule has 0 saturated carbocycles. The van der Waals surface area contributed by atoms with Gasteiger partial charge in [-0.25, -0.2) is 0 Å². The van der Waals surface area contributed by atoms with Gasteiger partial charge in [-0.05, 0) is 45.1 Å². The lowest BCUT2D eigenvalue weighted by atomic mass is 10.0. The molecule has 0 spiro atoms. The van der Waals surface area contributed by atoms with E-state index >= 15 is 0 Å². The molecule has 0 bridgehead atoms. The Kier molecular flexibility index (Phi) is 23.4. The number of unbranched alkanes of at least 4 members (excludes halogenated alkanes) is 13. The fourth-order valence-electron chi connectivity index (χ4n) is 4.39. The summed E-state index contributed by atoms with van der Waals surface area (Å²) in [6.07, 6.45) is 19.2. The highest BCUT2D eigenvalue weighted by atomic mass is 16.2. The van der Waals surface area contributed by atoms with Crippen LogP contribution in [0.2, 0.25) is 0 Å². The van der Waals surface area contributed by atoms with Crippen LogP contribution in [0.4, 0.5) is 0 Å². The van der Waals surface area contributed by atoms with Gasteiger partial charge in [-0.15, -0.1) is 0 Å². The van der Waals surface area contributed by atoms with Crippen molar-refractivity contribution in [3.05, 3.63) is 0 Å². The largest absolute Gasteiger partial charge is 0.370 e. The van der Waals surface area contributed by atoms with Crippen LogP contribution >= 0.6 is 0 Å². The zero-order valence-corrected chi connectivity index (χ0v) is 24.0. The summed E-state index contributed by atoms with van der Waals surface area (Å²) in [7, 11) is 0. The Morgan fingerprint density at radius 1 is 0.658 bits per heavy atom. The molecule has 2 atom stereocenters. The van der Waals surface area contributed by atoms with Crippen molar-refractivity contribution in [3.8, 4) is 0 Å². The van der Waals surface area contributed by atoms with Crippen LogP contribution in [0.15, 0.2) is 4.99 Å². The number of carbonyl (C=O) groups is 3. The molecule has 0 unspecified atom stereocenters. The highest BCUT2D eigenvalue weighted by molar-refractivity contribution is 5.91. The molecule has 0 fully saturated rings. The Morgan fingerprint density at radius 2 is 1.18 bits per heavy atom. The van der Waals surface area contributed by atoms with Gasteiger partial charge in [0.05, 0.1) is 0 Å². The van der Waals surface area contributed by atoms with Gasteiger partial charge in [0.1, 0.15) is 12.1 Å².